The summed E-state index contributed by atoms with van der Waals surface area (Å²) in [5.74, 6) is -0.619. The third-order valence-electron chi connectivity index (χ3n) is 2.55. The molecule has 0 aliphatic rings. The largest absolute Gasteiger partial charge is 0.506 e. The van der Waals surface area contributed by atoms with Crippen molar-refractivity contribution in [2.45, 2.75) is 0 Å². The van der Waals surface area contributed by atoms with Crippen molar-refractivity contribution >= 4 is 24.5 Å². The van der Waals surface area contributed by atoms with Crippen molar-refractivity contribution in [3.63, 3.8) is 0 Å². The summed E-state index contributed by atoms with van der Waals surface area (Å²) in [5, 5.41) is 27.3. The van der Waals surface area contributed by atoms with Gasteiger partial charge in [0.2, 0.25) is 0 Å². The first-order valence-corrected chi connectivity index (χ1v) is 5.55. The average Bonchev–Trinajstić information content (AvgIpc) is 2.39. The van der Waals surface area contributed by atoms with Crippen LogP contribution in [0.4, 0.5) is 10.1 Å². The van der Waals surface area contributed by atoms with Crippen molar-refractivity contribution in [3.05, 3.63) is 53.8 Å². The number of aromatic hydroxyl groups is 1. The van der Waals surface area contributed by atoms with Gasteiger partial charge in [-0.1, -0.05) is 24.3 Å². The normalized spacial score (nSPS) is 10.9. The highest BCUT2D eigenvalue weighted by atomic mass is 19.1. The monoisotopic (exact) mass is 259 g/mol. The molecule has 0 saturated carbocycles. The van der Waals surface area contributed by atoms with E-state index in [9.17, 15) is 9.50 Å². The van der Waals surface area contributed by atoms with Crippen molar-refractivity contribution in [1.82, 2.24) is 0 Å². The number of halogens is 1. The fourth-order valence-electron chi connectivity index (χ4n) is 1.52. The van der Waals surface area contributed by atoms with Gasteiger partial charge in [0.05, 0.1) is 0 Å². The van der Waals surface area contributed by atoms with E-state index in [1.807, 2.05) is 0 Å². The lowest BCUT2D eigenvalue weighted by Crippen LogP contribution is -2.30. The van der Waals surface area contributed by atoms with E-state index in [0.717, 1.165) is 6.07 Å². The van der Waals surface area contributed by atoms with Crippen LogP contribution >= 0.6 is 0 Å². The quantitative estimate of drug-likeness (QED) is 0.567. The van der Waals surface area contributed by atoms with Gasteiger partial charge >= 0.3 is 7.12 Å². The summed E-state index contributed by atoms with van der Waals surface area (Å²) < 4.78 is 13.6. The molecule has 3 N–H and O–H groups in total. The Morgan fingerprint density at radius 1 is 1.11 bits per heavy atom. The number of aliphatic imine (C=N–C) groups is 1. The summed E-state index contributed by atoms with van der Waals surface area (Å²) in [5.41, 5.74) is 0.582. The van der Waals surface area contributed by atoms with E-state index < -0.39 is 12.9 Å². The molecule has 2 aromatic carbocycles. The number of nitrogens with zero attached hydrogens (tertiary/aromatic N) is 1. The molecule has 96 valence electrons. The minimum absolute atomic E-state index is 0.00144. The molecule has 0 heterocycles. The number of hydrogen-bond donors (Lipinski definition) is 3. The molecule has 0 aliphatic carbocycles. The van der Waals surface area contributed by atoms with E-state index in [-0.39, 0.29) is 16.8 Å². The van der Waals surface area contributed by atoms with E-state index in [0.29, 0.717) is 5.69 Å². The number of benzene rings is 2. The first-order valence-electron chi connectivity index (χ1n) is 5.55. The predicted molar refractivity (Wildman–Crippen MR) is 71.6 cm³/mol. The Balaban J connectivity index is 2.27. The number of hydrogen-bond acceptors (Lipinski definition) is 4. The maximum Gasteiger partial charge on any atom is 0.488 e. The second-order valence-electron chi connectivity index (χ2n) is 3.90. The third kappa shape index (κ3) is 3.18. The summed E-state index contributed by atoms with van der Waals surface area (Å²) in [6.07, 6.45) is 1.26. The van der Waals surface area contributed by atoms with Crippen LogP contribution in [0, 0.1) is 5.82 Å². The first-order chi connectivity index (χ1) is 9.08. The smallest absolute Gasteiger partial charge is 0.488 e. The molecule has 0 amide bonds. The predicted octanol–water partition coefficient (Wildman–Crippen LogP) is 0.962. The zero-order valence-electron chi connectivity index (χ0n) is 9.86. The second-order valence-corrected chi connectivity index (χ2v) is 3.90. The number of phenolic OH excluding ortho intramolecular Hbond substituents is 1. The van der Waals surface area contributed by atoms with E-state index in [2.05, 4.69) is 4.99 Å². The molecule has 0 saturated heterocycles. The molecule has 0 spiro atoms. The van der Waals surface area contributed by atoms with Gasteiger partial charge in [-0.15, -0.1) is 0 Å². The second kappa shape index (κ2) is 5.64. The minimum atomic E-state index is -1.71. The third-order valence-corrected chi connectivity index (χ3v) is 2.55. The highest BCUT2D eigenvalue weighted by Crippen LogP contribution is 2.24. The van der Waals surface area contributed by atoms with Crippen molar-refractivity contribution < 1.29 is 19.5 Å². The summed E-state index contributed by atoms with van der Waals surface area (Å²) in [6, 6.07) is 10.2. The summed E-state index contributed by atoms with van der Waals surface area (Å²) in [4.78, 5) is 3.97. The average molecular weight is 259 g/mol. The maximum atomic E-state index is 13.6. The van der Waals surface area contributed by atoms with Gasteiger partial charge in [0.1, 0.15) is 17.3 Å². The zero-order chi connectivity index (χ0) is 13.8. The Hall–Kier alpha value is -2.18. The van der Waals surface area contributed by atoms with E-state index in [1.165, 1.54) is 24.4 Å². The first kappa shape index (κ1) is 13.3. The molecule has 4 nitrogen and oxygen atoms in total. The fourth-order valence-corrected chi connectivity index (χ4v) is 1.52. The van der Waals surface area contributed by atoms with Crippen LogP contribution in [0.25, 0.3) is 0 Å². The van der Waals surface area contributed by atoms with E-state index in [4.69, 9.17) is 10.0 Å². The Bertz CT molecular complexity index is 617. The molecular weight excluding hydrogens is 248 g/mol. The van der Waals surface area contributed by atoms with Gasteiger partial charge in [-0.05, 0) is 23.7 Å². The van der Waals surface area contributed by atoms with Crippen LogP contribution in [-0.4, -0.2) is 28.5 Å². The van der Waals surface area contributed by atoms with Gasteiger partial charge in [-0.25, -0.2) is 4.39 Å². The van der Waals surface area contributed by atoms with Gasteiger partial charge < -0.3 is 15.2 Å². The molecule has 0 fully saturated rings. The molecule has 0 atom stereocenters. The Morgan fingerprint density at radius 3 is 2.47 bits per heavy atom. The highest BCUT2D eigenvalue weighted by molar-refractivity contribution is 6.58. The molecule has 6 heteroatoms. The van der Waals surface area contributed by atoms with E-state index in [1.54, 1.807) is 18.2 Å². The fraction of sp³-hybridized carbons (Fsp3) is 0. The number of phenols is 1. The zero-order valence-corrected chi connectivity index (χ0v) is 9.86. The summed E-state index contributed by atoms with van der Waals surface area (Å²) in [6.45, 7) is 0. The highest BCUT2D eigenvalue weighted by Gasteiger charge is 2.12. The summed E-state index contributed by atoms with van der Waals surface area (Å²) >= 11 is 0. The lowest BCUT2D eigenvalue weighted by Gasteiger charge is -2.02. The molecule has 2 aromatic rings. The van der Waals surface area contributed by atoms with Gasteiger partial charge in [-0.3, -0.25) is 4.99 Å². The lowest BCUT2D eigenvalue weighted by atomic mass is 9.80. The van der Waals surface area contributed by atoms with Crippen LogP contribution in [0.3, 0.4) is 0 Å². The van der Waals surface area contributed by atoms with Crippen molar-refractivity contribution in [2.24, 2.45) is 4.99 Å². The Morgan fingerprint density at radius 2 is 1.84 bits per heavy atom. The standard InChI is InChI=1S/C13H11BFNO3/c15-11-7-10(14(18)19)6-5-9(11)8-16-12-3-1-2-4-13(12)17/h1-8,17-19H. The molecular formula is C13H11BFNO3. The number of para-hydroxylation sites is 2. The van der Waals surface area contributed by atoms with E-state index >= 15 is 0 Å². The molecule has 0 bridgehead atoms. The summed E-state index contributed by atoms with van der Waals surface area (Å²) in [7, 11) is -1.71. The van der Waals surface area contributed by atoms with Crippen LogP contribution < -0.4 is 5.46 Å². The minimum Gasteiger partial charge on any atom is -0.506 e. The molecule has 0 aliphatic heterocycles. The van der Waals surface area contributed by atoms with Crippen LogP contribution in [0.1, 0.15) is 5.56 Å². The molecule has 0 aromatic heterocycles. The van der Waals surface area contributed by atoms with Gasteiger partial charge in [0, 0.05) is 11.8 Å². The number of rotatable bonds is 3. The maximum absolute atomic E-state index is 13.6. The van der Waals surface area contributed by atoms with Crippen molar-refractivity contribution in [1.29, 1.82) is 0 Å². The Kier molecular flexibility index (Phi) is 3.94. The molecule has 2 rings (SSSR count). The van der Waals surface area contributed by atoms with Crippen molar-refractivity contribution in [2.75, 3.05) is 0 Å². The SMILES string of the molecule is OB(O)c1ccc(C=Nc2ccccc2O)c(F)c1. The van der Waals surface area contributed by atoms with Crippen LogP contribution in [0.15, 0.2) is 47.5 Å². The van der Waals surface area contributed by atoms with Crippen LogP contribution in [0.2, 0.25) is 0 Å². The van der Waals surface area contributed by atoms with Crippen molar-refractivity contribution in [3.8, 4) is 5.75 Å². The lowest BCUT2D eigenvalue weighted by molar-refractivity contribution is 0.425. The topological polar surface area (TPSA) is 73.0 Å². The van der Waals surface area contributed by atoms with Gasteiger partial charge in [0.25, 0.3) is 0 Å². The van der Waals surface area contributed by atoms with Crippen LogP contribution in [0.5, 0.6) is 5.75 Å². The molecule has 0 radical (unpaired) electrons. The van der Waals surface area contributed by atoms with Gasteiger partial charge in [0.15, 0.2) is 0 Å². The Labute approximate surface area is 109 Å². The molecule has 0 unspecified atom stereocenters. The molecule has 19 heavy (non-hydrogen) atoms. The van der Waals surface area contributed by atoms with Gasteiger partial charge in [-0.2, -0.15) is 0 Å². The van der Waals surface area contributed by atoms with Crippen LogP contribution in [-0.2, 0) is 0 Å².